The first kappa shape index (κ1) is 19.0. The topological polar surface area (TPSA) is 88.0 Å². The summed E-state index contributed by atoms with van der Waals surface area (Å²) < 4.78 is 1.02. The number of nitrogens with one attached hydrogen (secondary N) is 1. The van der Waals surface area contributed by atoms with Crippen LogP contribution >= 0.6 is 11.3 Å². The lowest BCUT2D eigenvalue weighted by atomic mass is 9.90. The zero-order chi connectivity index (χ0) is 19.7. The minimum absolute atomic E-state index is 0.233. The van der Waals surface area contributed by atoms with Crippen molar-refractivity contribution in [3.05, 3.63) is 47.0 Å². The van der Waals surface area contributed by atoms with E-state index < -0.39 is 5.60 Å². The van der Waals surface area contributed by atoms with Gasteiger partial charge in [0.25, 0.3) is 5.91 Å². The van der Waals surface area contributed by atoms with Gasteiger partial charge in [0, 0.05) is 29.6 Å². The zero-order valence-corrected chi connectivity index (χ0v) is 16.9. The normalized spacial score (nSPS) is 15.7. The molecule has 2 heterocycles. The summed E-state index contributed by atoms with van der Waals surface area (Å²) in [4.78, 5) is 25.4. The lowest BCUT2D eigenvalue weighted by molar-refractivity contribution is 0.0794. The average Bonchev–Trinajstić information content (AvgIpc) is 3.11. The average molecular weight is 397 g/mol. The van der Waals surface area contributed by atoms with Crippen molar-refractivity contribution in [3.8, 4) is 0 Å². The molecule has 0 saturated heterocycles. The van der Waals surface area contributed by atoms with Gasteiger partial charge in [0.2, 0.25) is 0 Å². The predicted molar refractivity (Wildman–Crippen MR) is 111 cm³/mol. The molecule has 2 N–H and O–H groups in total. The van der Waals surface area contributed by atoms with Crippen LogP contribution < -0.4 is 5.32 Å². The highest BCUT2D eigenvalue weighted by molar-refractivity contribution is 7.18. The Bertz CT molecular complexity index is 989. The Labute approximate surface area is 168 Å². The van der Waals surface area contributed by atoms with Crippen LogP contribution in [0.1, 0.15) is 72.9 Å². The molecule has 1 aromatic carbocycles. The highest BCUT2D eigenvalue weighted by Gasteiger charge is 2.25. The molecule has 146 valence electrons. The van der Waals surface area contributed by atoms with E-state index >= 15 is 0 Å². The Morgan fingerprint density at radius 3 is 2.68 bits per heavy atom. The molecule has 2 aromatic heterocycles. The van der Waals surface area contributed by atoms with Crippen molar-refractivity contribution < 1.29 is 9.90 Å². The summed E-state index contributed by atoms with van der Waals surface area (Å²) in [6.45, 7) is 3.42. The molecule has 4 rings (SSSR count). The zero-order valence-electron chi connectivity index (χ0n) is 16.1. The molecule has 6 nitrogen and oxygen atoms in total. The van der Waals surface area contributed by atoms with E-state index in [9.17, 15) is 9.90 Å². The molecule has 0 spiro atoms. The third-order valence-electron chi connectivity index (χ3n) is 5.20. The second-order valence-electron chi connectivity index (χ2n) is 7.86. The van der Waals surface area contributed by atoms with E-state index in [0.29, 0.717) is 17.2 Å². The van der Waals surface area contributed by atoms with E-state index in [0.717, 1.165) is 15.2 Å². The molecule has 0 unspecified atom stereocenters. The van der Waals surface area contributed by atoms with Gasteiger partial charge in [-0.25, -0.2) is 9.97 Å². The number of thiazole rings is 1. The predicted octanol–water partition coefficient (Wildman–Crippen LogP) is 4.61. The van der Waals surface area contributed by atoms with E-state index in [1.807, 2.05) is 12.1 Å². The quantitative estimate of drug-likeness (QED) is 0.672. The molecule has 1 amide bonds. The van der Waals surface area contributed by atoms with Crippen LogP contribution in [0.15, 0.2) is 30.7 Å². The van der Waals surface area contributed by atoms with Crippen LogP contribution in [0.3, 0.4) is 0 Å². The molecule has 3 aromatic rings. The second-order valence-corrected chi connectivity index (χ2v) is 8.92. The summed E-state index contributed by atoms with van der Waals surface area (Å²) in [5, 5.41) is 14.7. The molecule has 0 bridgehead atoms. The first-order chi connectivity index (χ1) is 13.4. The first-order valence-electron chi connectivity index (χ1n) is 9.66. The molecule has 1 fully saturated rings. The second kappa shape index (κ2) is 7.56. The Hall–Kier alpha value is -2.38. The van der Waals surface area contributed by atoms with Crippen LogP contribution in [0, 0.1) is 0 Å². The summed E-state index contributed by atoms with van der Waals surface area (Å²) in [7, 11) is 0. The minimum atomic E-state index is -1.12. The number of amides is 1. The minimum Gasteiger partial charge on any atom is -0.386 e. The summed E-state index contributed by atoms with van der Waals surface area (Å²) in [6.07, 6.45) is 10.6. The summed E-state index contributed by atoms with van der Waals surface area (Å²) >= 11 is 1.69. The van der Waals surface area contributed by atoms with Crippen LogP contribution in [-0.2, 0) is 5.60 Å². The smallest absolute Gasteiger partial charge is 0.275 e. The molecular formula is C21H24N4O2S. The first-order valence-corrected chi connectivity index (χ1v) is 10.5. The third-order valence-corrected chi connectivity index (χ3v) is 6.38. The molecule has 1 aliphatic carbocycles. The standard InChI is InChI=1S/C21H24N4O2S/c1-21(2,27)14-10-16-18(28-20(25-16)13-6-4-3-5-7-13)11-15(14)24-19(26)17-12-22-8-9-23-17/h8-13,27H,3-7H2,1-2H3,(H,24,26). The van der Waals surface area contributed by atoms with Crippen LogP contribution in [0.2, 0.25) is 0 Å². The molecule has 1 aliphatic rings. The molecular weight excluding hydrogens is 372 g/mol. The van der Waals surface area contributed by atoms with Crippen molar-refractivity contribution >= 4 is 33.1 Å². The Morgan fingerprint density at radius 1 is 1.21 bits per heavy atom. The van der Waals surface area contributed by atoms with E-state index in [-0.39, 0.29) is 11.6 Å². The molecule has 1 saturated carbocycles. The Kier molecular flexibility index (Phi) is 5.12. The van der Waals surface area contributed by atoms with Crippen molar-refractivity contribution in [2.24, 2.45) is 0 Å². The SMILES string of the molecule is CC(C)(O)c1cc2nc(C3CCCCC3)sc2cc1NC(=O)c1cnccn1. The van der Waals surface area contributed by atoms with Crippen LogP contribution in [0.25, 0.3) is 10.2 Å². The lowest BCUT2D eigenvalue weighted by Crippen LogP contribution is -2.21. The number of hydrogen-bond acceptors (Lipinski definition) is 6. The van der Waals surface area contributed by atoms with Crippen molar-refractivity contribution in [1.29, 1.82) is 0 Å². The molecule has 0 radical (unpaired) electrons. The van der Waals surface area contributed by atoms with Gasteiger partial charge in [-0.3, -0.25) is 9.78 Å². The number of carbonyl (C=O) groups excluding carboxylic acids is 1. The number of carbonyl (C=O) groups is 1. The van der Waals surface area contributed by atoms with Crippen LogP contribution in [-0.4, -0.2) is 26.0 Å². The Balaban J connectivity index is 1.72. The number of rotatable bonds is 4. The van der Waals surface area contributed by atoms with Gasteiger partial charge in [0.05, 0.1) is 27.0 Å². The van der Waals surface area contributed by atoms with Crippen molar-refractivity contribution in [2.45, 2.75) is 57.5 Å². The fraction of sp³-hybridized carbons (Fsp3) is 0.429. The van der Waals surface area contributed by atoms with Gasteiger partial charge in [-0.05, 0) is 38.8 Å². The maximum absolute atomic E-state index is 12.6. The third kappa shape index (κ3) is 3.91. The maximum atomic E-state index is 12.6. The van der Waals surface area contributed by atoms with Crippen molar-refractivity contribution in [2.75, 3.05) is 5.32 Å². The number of fused-ring (bicyclic) bond motifs is 1. The van der Waals surface area contributed by atoms with Gasteiger partial charge < -0.3 is 10.4 Å². The number of benzene rings is 1. The van der Waals surface area contributed by atoms with E-state index in [4.69, 9.17) is 4.98 Å². The van der Waals surface area contributed by atoms with E-state index in [2.05, 4.69) is 15.3 Å². The number of nitrogens with zero attached hydrogens (tertiary/aromatic N) is 3. The largest absolute Gasteiger partial charge is 0.386 e. The van der Waals surface area contributed by atoms with Gasteiger partial charge in [0.15, 0.2) is 0 Å². The van der Waals surface area contributed by atoms with Gasteiger partial charge in [0.1, 0.15) is 5.69 Å². The van der Waals surface area contributed by atoms with Gasteiger partial charge >= 0.3 is 0 Å². The highest BCUT2D eigenvalue weighted by atomic mass is 32.1. The van der Waals surface area contributed by atoms with Gasteiger partial charge in [-0.15, -0.1) is 11.3 Å². The lowest BCUT2D eigenvalue weighted by Gasteiger charge is -2.22. The number of aromatic nitrogens is 3. The van der Waals surface area contributed by atoms with Gasteiger partial charge in [-0.2, -0.15) is 0 Å². The monoisotopic (exact) mass is 396 g/mol. The Morgan fingerprint density at radius 2 is 2.00 bits per heavy atom. The molecule has 0 atom stereocenters. The summed E-state index contributed by atoms with van der Waals surface area (Å²) in [5.74, 6) is 0.171. The fourth-order valence-corrected chi connectivity index (χ4v) is 4.89. The van der Waals surface area contributed by atoms with E-state index in [1.54, 1.807) is 25.2 Å². The van der Waals surface area contributed by atoms with Crippen molar-refractivity contribution in [1.82, 2.24) is 15.0 Å². The maximum Gasteiger partial charge on any atom is 0.275 e. The number of aliphatic hydroxyl groups is 1. The van der Waals surface area contributed by atoms with Crippen molar-refractivity contribution in [3.63, 3.8) is 0 Å². The molecule has 7 heteroatoms. The summed E-state index contributed by atoms with van der Waals surface area (Å²) in [6, 6.07) is 3.81. The van der Waals surface area contributed by atoms with Crippen LogP contribution in [0.5, 0.6) is 0 Å². The number of anilines is 1. The summed E-state index contributed by atoms with van der Waals surface area (Å²) in [5.41, 5.74) is 1.21. The van der Waals surface area contributed by atoms with E-state index in [1.165, 1.54) is 50.7 Å². The van der Waals surface area contributed by atoms with Crippen LogP contribution in [0.4, 0.5) is 5.69 Å². The van der Waals surface area contributed by atoms with Gasteiger partial charge in [-0.1, -0.05) is 19.3 Å². The molecule has 28 heavy (non-hydrogen) atoms. The fourth-order valence-electron chi connectivity index (χ4n) is 3.73. The molecule has 0 aliphatic heterocycles. The highest BCUT2D eigenvalue weighted by Crippen LogP contribution is 2.39. The number of hydrogen-bond donors (Lipinski definition) is 2.